The predicted molar refractivity (Wildman–Crippen MR) is 69.8 cm³/mol. The molecular weight excluding hydrogens is 229 g/mol. The molecule has 0 fully saturated rings. The average Bonchev–Trinajstić information content (AvgIpc) is 2.08. The molecule has 1 aromatic carbocycles. The lowest BCUT2D eigenvalue weighted by atomic mass is 10.00. The van der Waals surface area contributed by atoms with Gasteiger partial charge in [-0.1, -0.05) is 29.3 Å². The highest BCUT2D eigenvalue weighted by Crippen LogP contribution is 2.22. The molecule has 1 aromatic rings. The zero-order valence-electron chi connectivity index (χ0n) is 9.09. The van der Waals surface area contributed by atoms with Gasteiger partial charge in [-0.25, -0.2) is 0 Å². The van der Waals surface area contributed by atoms with Crippen LogP contribution in [0.4, 0.5) is 0 Å². The third-order valence-corrected chi connectivity index (χ3v) is 2.60. The second-order valence-corrected chi connectivity index (χ2v) is 4.18. The monoisotopic (exact) mass is 245 g/mol. The van der Waals surface area contributed by atoms with E-state index in [9.17, 15) is 0 Å². The number of halogens is 2. The highest BCUT2D eigenvalue weighted by Gasteiger charge is 2.07. The maximum absolute atomic E-state index is 6.01. The number of benzene rings is 1. The number of hydrogen-bond donors (Lipinski definition) is 1. The minimum Gasteiger partial charge on any atom is -0.324 e. The van der Waals surface area contributed by atoms with Gasteiger partial charge in [-0.05, 0) is 37.5 Å². The van der Waals surface area contributed by atoms with Gasteiger partial charge < -0.3 is 5.73 Å². The van der Waals surface area contributed by atoms with Crippen molar-refractivity contribution in [1.29, 1.82) is 0 Å². The van der Waals surface area contributed by atoms with Crippen molar-refractivity contribution in [3.8, 4) is 0 Å². The first kappa shape index (κ1) is 14.5. The van der Waals surface area contributed by atoms with Crippen LogP contribution in [-0.4, -0.2) is 0 Å². The molecule has 15 heavy (non-hydrogen) atoms. The van der Waals surface area contributed by atoms with Gasteiger partial charge in [0.15, 0.2) is 0 Å². The van der Waals surface area contributed by atoms with Crippen LogP contribution < -0.4 is 5.73 Å². The van der Waals surface area contributed by atoms with Crippen molar-refractivity contribution < 1.29 is 0 Å². The summed E-state index contributed by atoms with van der Waals surface area (Å²) in [6, 6.07) is 5.94. The quantitative estimate of drug-likeness (QED) is 0.800. The zero-order chi connectivity index (χ0) is 10.7. The van der Waals surface area contributed by atoms with Crippen LogP contribution in [0.15, 0.2) is 30.4 Å². The highest BCUT2D eigenvalue weighted by atomic mass is 35.5. The van der Waals surface area contributed by atoms with Gasteiger partial charge in [0.05, 0.1) is 0 Å². The Hall–Kier alpha value is -0.500. The van der Waals surface area contributed by atoms with E-state index in [1.54, 1.807) is 0 Å². The second-order valence-electron chi connectivity index (χ2n) is 3.78. The van der Waals surface area contributed by atoms with E-state index in [2.05, 4.69) is 6.58 Å². The van der Waals surface area contributed by atoms with Crippen LogP contribution in [-0.2, 0) is 0 Å². The number of rotatable bonds is 3. The second kappa shape index (κ2) is 6.16. The Kier molecular flexibility index (Phi) is 5.96. The molecule has 0 heterocycles. The Morgan fingerprint density at radius 3 is 2.60 bits per heavy atom. The summed E-state index contributed by atoms with van der Waals surface area (Å²) in [4.78, 5) is 0. The lowest BCUT2D eigenvalue weighted by molar-refractivity contribution is 0.716. The average molecular weight is 246 g/mol. The van der Waals surface area contributed by atoms with Crippen LogP contribution in [0.2, 0.25) is 5.02 Å². The van der Waals surface area contributed by atoms with Crippen molar-refractivity contribution in [1.82, 2.24) is 0 Å². The molecule has 0 saturated carbocycles. The van der Waals surface area contributed by atoms with E-state index in [-0.39, 0.29) is 18.4 Å². The summed E-state index contributed by atoms with van der Waals surface area (Å²) in [5, 5.41) is 0.788. The zero-order valence-corrected chi connectivity index (χ0v) is 10.7. The molecule has 0 aliphatic carbocycles. The molecule has 0 amide bonds. The fourth-order valence-corrected chi connectivity index (χ4v) is 1.51. The molecule has 3 heteroatoms. The van der Waals surface area contributed by atoms with E-state index in [1.165, 1.54) is 0 Å². The lowest BCUT2D eigenvalue weighted by Crippen LogP contribution is -2.10. The SMILES string of the molecule is C=C(C)C[C@@H](N)c1ccc(Cl)c(C)c1.Cl. The normalized spacial score (nSPS) is 11.7. The molecule has 0 aliphatic heterocycles. The Bertz CT molecular complexity index is 347. The lowest BCUT2D eigenvalue weighted by Gasteiger charge is -2.12. The molecule has 0 spiro atoms. The molecule has 0 aromatic heterocycles. The van der Waals surface area contributed by atoms with E-state index in [0.717, 1.165) is 28.1 Å². The summed E-state index contributed by atoms with van der Waals surface area (Å²) < 4.78 is 0. The Balaban J connectivity index is 0.00000196. The van der Waals surface area contributed by atoms with Crippen molar-refractivity contribution in [3.05, 3.63) is 46.5 Å². The minimum atomic E-state index is 0. The van der Waals surface area contributed by atoms with Crippen molar-refractivity contribution in [2.45, 2.75) is 26.3 Å². The number of aryl methyl sites for hydroxylation is 1. The summed E-state index contributed by atoms with van der Waals surface area (Å²) in [5.41, 5.74) is 9.30. The summed E-state index contributed by atoms with van der Waals surface area (Å²) in [6.07, 6.45) is 0.821. The fraction of sp³-hybridized carbons (Fsp3) is 0.333. The van der Waals surface area contributed by atoms with Gasteiger partial charge in [0, 0.05) is 11.1 Å². The molecule has 0 saturated heterocycles. The van der Waals surface area contributed by atoms with Crippen LogP contribution in [0.5, 0.6) is 0 Å². The third kappa shape index (κ3) is 4.25. The molecule has 0 radical (unpaired) electrons. The molecule has 0 aliphatic rings. The standard InChI is InChI=1S/C12H16ClN.ClH/c1-8(2)6-12(14)10-4-5-11(13)9(3)7-10;/h4-5,7,12H,1,6,14H2,2-3H3;1H/t12-;/m1./s1. The van der Waals surface area contributed by atoms with Crippen LogP contribution >= 0.6 is 24.0 Å². The molecular formula is C12H17Cl2N. The van der Waals surface area contributed by atoms with Crippen molar-refractivity contribution in [2.24, 2.45) is 5.73 Å². The van der Waals surface area contributed by atoms with E-state index in [1.807, 2.05) is 32.0 Å². The van der Waals surface area contributed by atoms with Crippen LogP contribution in [0.3, 0.4) is 0 Å². The maximum atomic E-state index is 6.01. The molecule has 1 nitrogen and oxygen atoms in total. The molecule has 2 N–H and O–H groups in total. The van der Waals surface area contributed by atoms with Crippen molar-refractivity contribution in [3.63, 3.8) is 0 Å². The van der Waals surface area contributed by atoms with Gasteiger partial charge in [0.1, 0.15) is 0 Å². The summed E-state index contributed by atoms with van der Waals surface area (Å²) in [6.45, 7) is 7.83. The topological polar surface area (TPSA) is 26.0 Å². The van der Waals surface area contributed by atoms with Crippen LogP contribution in [0.1, 0.15) is 30.5 Å². The molecule has 0 unspecified atom stereocenters. The molecule has 1 atom stereocenters. The smallest absolute Gasteiger partial charge is 0.0435 e. The van der Waals surface area contributed by atoms with Crippen LogP contribution in [0.25, 0.3) is 0 Å². The maximum Gasteiger partial charge on any atom is 0.0435 e. The van der Waals surface area contributed by atoms with Gasteiger partial charge in [0.25, 0.3) is 0 Å². The largest absolute Gasteiger partial charge is 0.324 e. The molecule has 84 valence electrons. The van der Waals surface area contributed by atoms with Gasteiger partial charge in [-0.2, -0.15) is 0 Å². The molecule has 1 rings (SSSR count). The Morgan fingerprint density at radius 1 is 1.53 bits per heavy atom. The van der Waals surface area contributed by atoms with Crippen molar-refractivity contribution in [2.75, 3.05) is 0 Å². The Morgan fingerprint density at radius 2 is 2.13 bits per heavy atom. The summed E-state index contributed by atoms with van der Waals surface area (Å²) >= 11 is 5.93. The van der Waals surface area contributed by atoms with Gasteiger partial charge in [0.2, 0.25) is 0 Å². The van der Waals surface area contributed by atoms with Crippen LogP contribution in [0, 0.1) is 6.92 Å². The first-order valence-corrected chi connectivity index (χ1v) is 5.04. The van der Waals surface area contributed by atoms with E-state index < -0.39 is 0 Å². The fourth-order valence-electron chi connectivity index (χ4n) is 1.39. The summed E-state index contributed by atoms with van der Waals surface area (Å²) in [5.74, 6) is 0. The number of hydrogen-bond acceptors (Lipinski definition) is 1. The van der Waals surface area contributed by atoms with Gasteiger partial charge in [-0.15, -0.1) is 19.0 Å². The highest BCUT2D eigenvalue weighted by molar-refractivity contribution is 6.31. The number of nitrogens with two attached hydrogens (primary N) is 1. The van der Waals surface area contributed by atoms with Crippen molar-refractivity contribution >= 4 is 24.0 Å². The van der Waals surface area contributed by atoms with Gasteiger partial charge >= 0.3 is 0 Å². The first-order valence-electron chi connectivity index (χ1n) is 4.66. The van der Waals surface area contributed by atoms with Gasteiger partial charge in [-0.3, -0.25) is 0 Å². The van der Waals surface area contributed by atoms with E-state index in [0.29, 0.717) is 0 Å². The molecule has 0 bridgehead atoms. The predicted octanol–water partition coefficient (Wildman–Crippen LogP) is 4.04. The minimum absolute atomic E-state index is 0. The third-order valence-electron chi connectivity index (χ3n) is 2.18. The van der Waals surface area contributed by atoms with E-state index in [4.69, 9.17) is 17.3 Å². The summed E-state index contributed by atoms with van der Waals surface area (Å²) in [7, 11) is 0. The Labute approximate surface area is 103 Å². The first-order chi connectivity index (χ1) is 6.50. The van der Waals surface area contributed by atoms with E-state index >= 15 is 0 Å².